The lowest BCUT2D eigenvalue weighted by atomic mass is 9.96. The Morgan fingerprint density at radius 2 is 2.11 bits per heavy atom. The fraction of sp³-hybridized carbons (Fsp3) is 0.286. The van der Waals surface area contributed by atoms with Crippen LogP contribution in [0.3, 0.4) is 0 Å². The number of rotatable bonds is 4. The van der Waals surface area contributed by atoms with E-state index in [0.29, 0.717) is 12.2 Å². The first-order valence-electron chi connectivity index (χ1n) is 6.06. The first-order valence-corrected chi connectivity index (χ1v) is 6.94. The fourth-order valence-electron chi connectivity index (χ4n) is 1.94. The molecule has 0 saturated carbocycles. The Morgan fingerprint density at radius 3 is 2.78 bits per heavy atom. The van der Waals surface area contributed by atoms with Gasteiger partial charge in [0.25, 0.3) is 0 Å². The van der Waals surface area contributed by atoms with Crippen LogP contribution in [0.1, 0.15) is 5.01 Å². The minimum absolute atomic E-state index is 0.203. The molecule has 1 aromatic carbocycles. The van der Waals surface area contributed by atoms with Crippen molar-refractivity contribution in [2.24, 2.45) is 5.92 Å². The Kier molecular flexibility index (Phi) is 3.21. The highest BCUT2D eigenvalue weighted by Crippen LogP contribution is 2.22. The molecule has 1 aliphatic heterocycles. The first kappa shape index (κ1) is 11.6. The highest BCUT2D eigenvalue weighted by molar-refractivity contribution is 7.10. The summed E-state index contributed by atoms with van der Waals surface area (Å²) in [7, 11) is 0. The van der Waals surface area contributed by atoms with E-state index in [4.69, 9.17) is 0 Å². The van der Waals surface area contributed by atoms with Crippen LogP contribution in [0.4, 0.5) is 0 Å². The predicted molar refractivity (Wildman–Crippen MR) is 72.6 cm³/mol. The third-order valence-electron chi connectivity index (χ3n) is 3.18. The van der Waals surface area contributed by atoms with E-state index in [1.807, 2.05) is 35.7 Å². The maximum atomic E-state index is 11.9. The number of carbonyl (C=O) groups excluding carboxylic acids is 1. The summed E-state index contributed by atoms with van der Waals surface area (Å²) in [6.07, 6.45) is 0.476. The predicted octanol–water partition coefficient (Wildman–Crippen LogP) is 2.14. The number of thiazole rings is 1. The lowest BCUT2D eigenvalue weighted by Crippen LogP contribution is -2.47. The third kappa shape index (κ3) is 2.35. The summed E-state index contributed by atoms with van der Waals surface area (Å²) in [5.41, 5.74) is 2.08. The maximum Gasteiger partial charge on any atom is 0.145 e. The zero-order valence-corrected chi connectivity index (χ0v) is 10.7. The standard InChI is InChI=1S/C14H14N2OS/c17-13(11-7-15-8-11)6-14-16-12(9-18-14)10-4-2-1-3-5-10/h1-5,9,11,15H,6-8H2. The Labute approximate surface area is 110 Å². The summed E-state index contributed by atoms with van der Waals surface area (Å²) in [4.78, 5) is 16.4. The number of nitrogens with one attached hydrogen (secondary N) is 1. The average molecular weight is 258 g/mol. The van der Waals surface area contributed by atoms with Gasteiger partial charge in [-0.15, -0.1) is 11.3 Å². The van der Waals surface area contributed by atoms with Crippen LogP contribution in [0.5, 0.6) is 0 Å². The largest absolute Gasteiger partial charge is 0.315 e. The SMILES string of the molecule is O=C(Cc1nc(-c2ccccc2)cs1)C1CNC1. The molecule has 1 aliphatic rings. The van der Waals surface area contributed by atoms with Crippen molar-refractivity contribution in [1.82, 2.24) is 10.3 Å². The fourth-order valence-corrected chi connectivity index (χ4v) is 2.76. The number of nitrogens with zero attached hydrogens (tertiary/aromatic N) is 1. The molecule has 3 nitrogen and oxygen atoms in total. The van der Waals surface area contributed by atoms with E-state index in [0.717, 1.165) is 29.4 Å². The van der Waals surface area contributed by atoms with Crippen molar-refractivity contribution in [2.45, 2.75) is 6.42 Å². The molecule has 3 rings (SSSR count). The molecule has 0 amide bonds. The van der Waals surface area contributed by atoms with Crippen LogP contribution >= 0.6 is 11.3 Å². The van der Waals surface area contributed by atoms with Gasteiger partial charge in [0.1, 0.15) is 10.8 Å². The molecule has 0 radical (unpaired) electrons. The van der Waals surface area contributed by atoms with Crippen LogP contribution in [0.2, 0.25) is 0 Å². The number of aromatic nitrogens is 1. The van der Waals surface area contributed by atoms with E-state index in [1.165, 1.54) is 0 Å². The molecule has 0 spiro atoms. The van der Waals surface area contributed by atoms with Crippen LogP contribution in [0.25, 0.3) is 11.3 Å². The van der Waals surface area contributed by atoms with E-state index in [-0.39, 0.29) is 5.92 Å². The van der Waals surface area contributed by atoms with Crippen molar-refractivity contribution in [3.05, 3.63) is 40.7 Å². The minimum Gasteiger partial charge on any atom is -0.315 e. The second-order valence-electron chi connectivity index (χ2n) is 4.49. The van der Waals surface area contributed by atoms with E-state index >= 15 is 0 Å². The normalized spacial score (nSPS) is 15.3. The van der Waals surface area contributed by atoms with E-state index in [1.54, 1.807) is 11.3 Å². The van der Waals surface area contributed by atoms with Gasteiger partial charge in [-0.3, -0.25) is 4.79 Å². The zero-order chi connectivity index (χ0) is 12.4. The molecule has 92 valence electrons. The van der Waals surface area contributed by atoms with Gasteiger partial charge in [0.05, 0.1) is 12.1 Å². The molecule has 18 heavy (non-hydrogen) atoms. The third-order valence-corrected chi connectivity index (χ3v) is 4.03. The van der Waals surface area contributed by atoms with Crippen molar-refractivity contribution in [1.29, 1.82) is 0 Å². The lowest BCUT2D eigenvalue weighted by Gasteiger charge is -2.25. The molecule has 1 saturated heterocycles. The molecule has 1 N–H and O–H groups in total. The molecule has 4 heteroatoms. The molecule has 0 bridgehead atoms. The summed E-state index contributed by atoms with van der Waals surface area (Å²) in [5.74, 6) is 0.511. The quantitative estimate of drug-likeness (QED) is 0.913. The molecule has 0 atom stereocenters. The molecule has 0 unspecified atom stereocenters. The van der Waals surface area contributed by atoms with Gasteiger partial charge in [-0.2, -0.15) is 0 Å². The number of Topliss-reactive ketones (excluding diaryl/α,β-unsaturated/α-hetero) is 1. The zero-order valence-electron chi connectivity index (χ0n) is 9.93. The summed E-state index contributed by atoms with van der Waals surface area (Å²) in [6, 6.07) is 10.1. The van der Waals surface area contributed by atoms with Crippen molar-refractivity contribution in [2.75, 3.05) is 13.1 Å². The van der Waals surface area contributed by atoms with Gasteiger partial charge in [0, 0.05) is 30.0 Å². The van der Waals surface area contributed by atoms with E-state index in [2.05, 4.69) is 10.3 Å². The number of hydrogen-bond acceptors (Lipinski definition) is 4. The van der Waals surface area contributed by atoms with Crippen molar-refractivity contribution < 1.29 is 4.79 Å². The van der Waals surface area contributed by atoms with Crippen LogP contribution < -0.4 is 5.32 Å². The van der Waals surface area contributed by atoms with Crippen LogP contribution in [0.15, 0.2) is 35.7 Å². The second-order valence-corrected chi connectivity index (χ2v) is 5.43. The smallest absolute Gasteiger partial charge is 0.145 e. The van der Waals surface area contributed by atoms with Crippen LogP contribution in [-0.4, -0.2) is 23.9 Å². The lowest BCUT2D eigenvalue weighted by molar-refractivity contribution is -0.123. The molecule has 2 aromatic rings. The van der Waals surface area contributed by atoms with Gasteiger partial charge >= 0.3 is 0 Å². The number of carbonyl (C=O) groups is 1. The molecular weight excluding hydrogens is 244 g/mol. The van der Waals surface area contributed by atoms with Gasteiger partial charge in [0.2, 0.25) is 0 Å². The highest BCUT2D eigenvalue weighted by Gasteiger charge is 2.25. The summed E-state index contributed by atoms with van der Waals surface area (Å²) in [5, 5.41) is 6.07. The van der Waals surface area contributed by atoms with Crippen LogP contribution in [-0.2, 0) is 11.2 Å². The Balaban J connectivity index is 1.71. The number of hydrogen-bond donors (Lipinski definition) is 1. The second kappa shape index (κ2) is 5.00. The van der Waals surface area contributed by atoms with Crippen LogP contribution in [0, 0.1) is 5.92 Å². The van der Waals surface area contributed by atoms with E-state index in [9.17, 15) is 4.79 Å². The number of ketones is 1. The topological polar surface area (TPSA) is 42.0 Å². The molecule has 2 heterocycles. The average Bonchev–Trinajstić information content (AvgIpc) is 2.76. The maximum absolute atomic E-state index is 11.9. The van der Waals surface area contributed by atoms with Gasteiger partial charge in [0.15, 0.2) is 0 Å². The summed E-state index contributed by atoms with van der Waals surface area (Å²) < 4.78 is 0. The van der Waals surface area contributed by atoms with Gasteiger partial charge in [-0.1, -0.05) is 30.3 Å². The Morgan fingerprint density at radius 1 is 1.33 bits per heavy atom. The molecule has 0 aliphatic carbocycles. The van der Waals surface area contributed by atoms with Gasteiger partial charge in [-0.05, 0) is 0 Å². The minimum atomic E-state index is 0.203. The Bertz CT molecular complexity index is 546. The Hall–Kier alpha value is -1.52. The van der Waals surface area contributed by atoms with Gasteiger partial charge in [-0.25, -0.2) is 4.98 Å². The summed E-state index contributed by atoms with van der Waals surface area (Å²) >= 11 is 1.57. The summed E-state index contributed by atoms with van der Waals surface area (Å²) in [6.45, 7) is 1.66. The molecule has 1 fully saturated rings. The van der Waals surface area contributed by atoms with Gasteiger partial charge < -0.3 is 5.32 Å². The molecule has 1 aromatic heterocycles. The molecular formula is C14H14N2OS. The van der Waals surface area contributed by atoms with Crippen molar-refractivity contribution >= 4 is 17.1 Å². The number of benzene rings is 1. The first-order chi connectivity index (χ1) is 8.83. The highest BCUT2D eigenvalue weighted by atomic mass is 32.1. The van der Waals surface area contributed by atoms with Crippen molar-refractivity contribution in [3.63, 3.8) is 0 Å². The van der Waals surface area contributed by atoms with E-state index < -0.39 is 0 Å². The monoisotopic (exact) mass is 258 g/mol. The van der Waals surface area contributed by atoms with Crippen molar-refractivity contribution in [3.8, 4) is 11.3 Å².